The van der Waals surface area contributed by atoms with Crippen molar-refractivity contribution in [3.8, 4) is 0 Å². The summed E-state index contributed by atoms with van der Waals surface area (Å²) in [5, 5.41) is 1.07. The lowest BCUT2D eigenvalue weighted by Gasteiger charge is -2.11. The van der Waals surface area contributed by atoms with Crippen LogP contribution in [0.1, 0.15) is 5.56 Å². The highest BCUT2D eigenvalue weighted by molar-refractivity contribution is 5.93. The summed E-state index contributed by atoms with van der Waals surface area (Å²) in [6.07, 6.45) is 3.69. The standard InChI is InChI=1S/C18H17N3/c1-21(2)15-10-8-14(9-11-15)13-20-18-7-3-6-17-16(18)5-4-12-19-17/h3-13H,1-2H3. The molecule has 0 aliphatic rings. The molecule has 1 heterocycles. The van der Waals surface area contributed by atoms with Gasteiger partial charge in [-0.1, -0.05) is 18.2 Å². The van der Waals surface area contributed by atoms with Crippen molar-refractivity contribution in [2.75, 3.05) is 19.0 Å². The van der Waals surface area contributed by atoms with Gasteiger partial charge in [0.2, 0.25) is 0 Å². The SMILES string of the molecule is CN(C)c1ccc(C=Nc2cccc3ncccc23)cc1. The number of benzene rings is 2. The van der Waals surface area contributed by atoms with E-state index in [0.29, 0.717) is 0 Å². The van der Waals surface area contributed by atoms with E-state index in [1.165, 1.54) is 5.69 Å². The zero-order valence-corrected chi connectivity index (χ0v) is 12.2. The van der Waals surface area contributed by atoms with Crippen molar-refractivity contribution >= 4 is 28.5 Å². The largest absolute Gasteiger partial charge is 0.378 e. The summed E-state index contributed by atoms with van der Waals surface area (Å²) < 4.78 is 0. The van der Waals surface area contributed by atoms with E-state index in [0.717, 1.165) is 22.2 Å². The molecule has 104 valence electrons. The molecule has 0 fully saturated rings. The van der Waals surface area contributed by atoms with Gasteiger partial charge in [-0.25, -0.2) is 0 Å². The summed E-state index contributed by atoms with van der Waals surface area (Å²) >= 11 is 0. The molecular weight excluding hydrogens is 258 g/mol. The van der Waals surface area contributed by atoms with E-state index in [9.17, 15) is 0 Å². The van der Waals surface area contributed by atoms with E-state index in [-0.39, 0.29) is 0 Å². The first kappa shape index (κ1) is 13.3. The van der Waals surface area contributed by atoms with Gasteiger partial charge in [0.25, 0.3) is 0 Å². The van der Waals surface area contributed by atoms with E-state index < -0.39 is 0 Å². The van der Waals surface area contributed by atoms with Gasteiger partial charge in [-0.2, -0.15) is 0 Å². The Labute approximate surface area is 124 Å². The number of hydrogen-bond acceptors (Lipinski definition) is 3. The van der Waals surface area contributed by atoms with E-state index >= 15 is 0 Å². The van der Waals surface area contributed by atoms with Crippen LogP contribution in [-0.4, -0.2) is 25.3 Å². The minimum Gasteiger partial charge on any atom is -0.378 e. The Morgan fingerprint density at radius 3 is 2.52 bits per heavy atom. The highest BCUT2D eigenvalue weighted by Crippen LogP contribution is 2.24. The molecule has 3 rings (SSSR count). The van der Waals surface area contributed by atoms with Crippen molar-refractivity contribution in [2.45, 2.75) is 0 Å². The fourth-order valence-electron chi connectivity index (χ4n) is 2.20. The maximum absolute atomic E-state index is 4.60. The monoisotopic (exact) mass is 275 g/mol. The molecule has 0 saturated heterocycles. The number of fused-ring (bicyclic) bond motifs is 1. The Kier molecular flexibility index (Phi) is 3.65. The van der Waals surface area contributed by atoms with Gasteiger partial charge in [0, 0.05) is 37.6 Å². The first-order chi connectivity index (χ1) is 10.2. The van der Waals surface area contributed by atoms with Crippen LogP contribution in [0.5, 0.6) is 0 Å². The van der Waals surface area contributed by atoms with Crippen LogP contribution >= 0.6 is 0 Å². The molecule has 3 nitrogen and oxygen atoms in total. The third-order valence-electron chi connectivity index (χ3n) is 3.38. The third kappa shape index (κ3) is 2.92. The van der Waals surface area contributed by atoms with E-state index in [1.54, 1.807) is 6.20 Å². The second-order valence-corrected chi connectivity index (χ2v) is 5.09. The van der Waals surface area contributed by atoms with Crippen LogP contribution in [0.4, 0.5) is 11.4 Å². The van der Waals surface area contributed by atoms with Crippen LogP contribution in [0.2, 0.25) is 0 Å². The molecular formula is C18H17N3. The lowest BCUT2D eigenvalue weighted by atomic mass is 10.2. The summed E-state index contributed by atoms with van der Waals surface area (Å²) in [7, 11) is 4.07. The van der Waals surface area contributed by atoms with E-state index in [4.69, 9.17) is 0 Å². The minimum atomic E-state index is 0.942. The molecule has 0 unspecified atom stereocenters. The Morgan fingerprint density at radius 2 is 1.76 bits per heavy atom. The fraction of sp³-hybridized carbons (Fsp3) is 0.111. The van der Waals surface area contributed by atoms with E-state index in [1.807, 2.05) is 50.6 Å². The lowest BCUT2D eigenvalue weighted by Crippen LogP contribution is -2.08. The zero-order chi connectivity index (χ0) is 14.7. The second-order valence-electron chi connectivity index (χ2n) is 5.09. The molecule has 1 aromatic heterocycles. The Morgan fingerprint density at radius 1 is 0.952 bits per heavy atom. The molecule has 0 bridgehead atoms. The van der Waals surface area contributed by atoms with Gasteiger partial charge in [-0.3, -0.25) is 9.98 Å². The topological polar surface area (TPSA) is 28.5 Å². The predicted octanol–water partition coefficient (Wildman–Crippen LogP) is 4.05. The number of nitrogens with zero attached hydrogens (tertiary/aromatic N) is 3. The van der Waals surface area contributed by atoms with Gasteiger partial charge in [0.1, 0.15) is 0 Å². The van der Waals surface area contributed by atoms with Crippen molar-refractivity contribution in [1.29, 1.82) is 0 Å². The fourth-order valence-corrected chi connectivity index (χ4v) is 2.20. The van der Waals surface area contributed by atoms with Gasteiger partial charge in [0.15, 0.2) is 0 Å². The van der Waals surface area contributed by atoms with Gasteiger partial charge in [-0.05, 0) is 42.0 Å². The van der Waals surface area contributed by atoms with Crippen molar-refractivity contribution in [3.63, 3.8) is 0 Å². The first-order valence-corrected chi connectivity index (χ1v) is 6.89. The van der Waals surface area contributed by atoms with Crippen LogP contribution in [0, 0.1) is 0 Å². The summed E-state index contributed by atoms with van der Waals surface area (Å²) in [4.78, 5) is 11.0. The number of anilines is 1. The normalized spacial score (nSPS) is 11.1. The van der Waals surface area contributed by atoms with Crippen LogP contribution in [0.15, 0.2) is 65.8 Å². The molecule has 3 heteroatoms. The van der Waals surface area contributed by atoms with Gasteiger partial charge >= 0.3 is 0 Å². The summed E-state index contributed by atoms with van der Waals surface area (Å²) in [6, 6.07) is 18.3. The summed E-state index contributed by atoms with van der Waals surface area (Å²) in [5.41, 5.74) is 4.18. The molecule has 0 atom stereocenters. The quantitative estimate of drug-likeness (QED) is 0.675. The molecule has 3 aromatic rings. The zero-order valence-electron chi connectivity index (χ0n) is 12.2. The Balaban J connectivity index is 1.91. The highest BCUT2D eigenvalue weighted by atomic mass is 15.1. The number of pyridine rings is 1. The van der Waals surface area contributed by atoms with Crippen molar-refractivity contribution in [2.24, 2.45) is 4.99 Å². The lowest BCUT2D eigenvalue weighted by molar-refractivity contribution is 1.13. The van der Waals surface area contributed by atoms with Crippen molar-refractivity contribution in [1.82, 2.24) is 4.98 Å². The first-order valence-electron chi connectivity index (χ1n) is 6.89. The van der Waals surface area contributed by atoms with Crippen LogP contribution in [0.3, 0.4) is 0 Å². The number of rotatable bonds is 3. The third-order valence-corrected chi connectivity index (χ3v) is 3.38. The number of hydrogen-bond donors (Lipinski definition) is 0. The Hall–Kier alpha value is -2.68. The number of aromatic nitrogens is 1. The van der Waals surface area contributed by atoms with Crippen LogP contribution in [0.25, 0.3) is 10.9 Å². The average molecular weight is 275 g/mol. The minimum absolute atomic E-state index is 0.942. The van der Waals surface area contributed by atoms with Gasteiger partial charge < -0.3 is 4.90 Å². The molecule has 2 aromatic carbocycles. The second kappa shape index (κ2) is 5.75. The molecule has 0 aliphatic carbocycles. The Bertz CT molecular complexity index is 769. The molecule has 0 aliphatic heterocycles. The summed E-state index contributed by atoms with van der Waals surface area (Å²) in [5.74, 6) is 0. The predicted molar refractivity (Wildman–Crippen MR) is 89.8 cm³/mol. The maximum atomic E-state index is 4.60. The summed E-state index contributed by atoms with van der Waals surface area (Å²) in [6.45, 7) is 0. The van der Waals surface area contributed by atoms with Crippen molar-refractivity contribution in [3.05, 3.63) is 66.4 Å². The molecule has 21 heavy (non-hydrogen) atoms. The number of aliphatic imine (C=N–C) groups is 1. The highest BCUT2D eigenvalue weighted by Gasteiger charge is 1.99. The molecule has 0 saturated carbocycles. The average Bonchev–Trinajstić information content (AvgIpc) is 2.53. The molecule has 0 N–H and O–H groups in total. The van der Waals surface area contributed by atoms with Gasteiger partial charge in [-0.15, -0.1) is 0 Å². The van der Waals surface area contributed by atoms with E-state index in [2.05, 4.69) is 39.1 Å². The molecule has 0 radical (unpaired) electrons. The van der Waals surface area contributed by atoms with Gasteiger partial charge in [0.05, 0.1) is 11.2 Å². The maximum Gasteiger partial charge on any atom is 0.0723 e. The van der Waals surface area contributed by atoms with Crippen LogP contribution in [-0.2, 0) is 0 Å². The van der Waals surface area contributed by atoms with Crippen LogP contribution < -0.4 is 4.90 Å². The molecule has 0 spiro atoms. The van der Waals surface area contributed by atoms with Crippen molar-refractivity contribution < 1.29 is 0 Å². The molecule has 0 amide bonds. The smallest absolute Gasteiger partial charge is 0.0723 e.